The van der Waals surface area contributed by atoms with Crippen LogP contribution in [0.15, 0.2) is 360 Å². The summed E-state index contributed by atoms with van der Waals surface area (Å²) in [6.45, 7) is 0. The number of amides is 1. The van der Waals surface area contributed by atoms with Crippen LogP contribution in [0, 0.1) is 68.6 Å². The van der Waals surface area contributed by atoms with Crippen molar-refractivity contribution < 1.29 is 41.3 Å². The molecule has 16 rings (SSSR count). The van der Waals surface area contributed by atoms with Crippen LogP contribution in [0.4, 0.5) is 17.6 Å². The van der Waals surface area contributed by atoms with Crippen molar-refractivity contribution in [2.75, 3.05) is 42.5 Å². The van der Waals surface area contributed by atoms with Gasteiger partial charge < -0.3 is 23.8 Å². The van der Waals surface area contributed by atoms with Gasteiger partial charge in [-0.05, 0) is 166 Å². The highest BCUT2D eigenvalue weighted by Crippen LogP contribution is 2.42. The summed E-state index contributed by atoms with van der Waals surface area (Å²) in [4.78, 5) is 30.1. The van der Waals surface area contributed by atoms with Crippen LogP contribution >= 0.6 is 47.0 Å². The van der Waals surface area contributed by atoms with E-state index in [1.807, 2.05) is 243 Å². The van der Waals surface area contributed by atoms with Crippen LogP contribution in [0.2, 0.25) is 0 Å². The van der Waals surface area contributed by atoms with Gasteiger partial charge in [0.15, 0.2) is 0 Å². The van der Waals surface area contributed by atoms with Crippen LogP contribution in [0.3, 0.4) is 0 Å². The number of carbonyl (C=O) groups excluding carboxylic acids is 1. The molecule has 0 fully saturated rings. The number of methoxy groups -OCH3 is 4. The Hall–Kier alpha value is -15.0. The summed E-state index contributed by atoms with van der Waals surface area (Å²) in [7, 11) is 9.93. The van der Waals surface area contributed by atoms with Crippen LogP contribution in [0.25, 0.3) is 89.5 Å². The average molecular weight is 1780 g/mol. The predicted octanol–water partition coefficient (Wildman–Crippen LogP) is 26.6. The van der Waals surface area contributed by atoms with Gasteiger partial charge >= 0.3 is 0 Å². The maximum atomic E-state index is 13.5. The fourth-order valence-corrected chi connectivity index (χ4v) is 16.8. The van der Waals surface area contributed by atoms with Crippen molar-refractivity contribution in [1.29, 1.82) is 21.0 Å². The topological polar surface area (TPSA) is 204 Å². The van der Waals surface area contributed by atoms with Crippen molar-refractivity contribution in [3.05, 3.63) is 407 Å². The number of hydrogen-bond donors (Lipinski definition) is 0. The van der Waals surface area contributed by atoms with Gasteiger partial charge in [0.1, 0.15) is 90.6 Å². The number of carbonyl (C=O) groups is 1. The first-order valence-corrected chi connectivity index (χ1v) is 44.1. The molecule has 0 spiro atoms. The highest BCUT2D eigenvalue weighted by molar-refractivity contribution is 7.99. The molecule has 0 N–H and O–H groups in total. The number of benzene rings is 12. The first kappa shape index (κ1) is 93.2. The zero-order valence-electron chi connectivity index (χ0n) is 70.9. The number of halogens is 4. The third kappa shape index (κ3) is 26.1. The van der Waals surface area contributed by atoms with Gasteiger partial charge in [-0.25, -0.2) is 37.5 Å². The Morgan fingerprint density at radius 3 is 0.643 bits per heavy atom. The Labute approximate surface area is 765 Å². The molecule has 0 bridgehead atoms. The van der Waals surface area contributed by atoms with Crippen LogP contribution in [-0.4, -0.2) is 73.8 Å². The molecule has 4 aromatic heterocycles. The van der Waals surface area contributed by atoms with E-state index < -0.39 is 0 Å². The number of aromatic nitrogens is 4. The molecule has 0 aliphatic rings. The van der Waals surface area contributed by atoms with E-state index in [9.17, 15) is 43.4 Å². The van der Waals surface area contributed by atoms with Crippen molar-refractivity contribution >= 4 is 53.5 Å². The number of nitrogens with zero attached hydrogens (tertiary/aromatic N) is 9. The second-order valence-corrected chi connectivity index (χ2v) is 32.4. The maximum Gasteiger partial charge on any atom is 0.209 e. The molecule has 0 aliphatic heterocycles. The van der Waals surface area contributed by atoms with Crippen molar-refractivity contribution in [2.24, 2.45) is 0 Å². The van der Waals surface area contributed by atoms with E-state index in [0.29, 0.717) is 65.4 Å². The fourth-order valence-electron chi connectivity index (χ4n) is 13.0. The Kier molecular flexibility index (Phi) is 34.2. The summed E-state index contributed by atoms with van der Waals surface area (Å²) < 4.78 is 75.2. The zero-order chi connectivity index (χ0) is 90.8. The first-order chi connectivity index (χ1) is 63.0. The molecule has 14 nitrogen and oxygen atoms in total. The molecule has 0 saturated heterocycles. The summed E-state index contributed by atoms with van der Waals surface area (Å²) in [5, 5.41) is 42.4. The zero-order valence-corrected chi connectivity index (χ0v) is 74.2. The molecule has 12 aromatic carbocycles. The maximum absolute atomic E-state index is 13.5. The minimum absolute atomic E-state index is 0.313. The number of ether oxygens (including phenoxy) is 4. The number of nitriles is 4. The lowest BCUT2D eigenvalue weighted by Crippen LogP contribution is -2.06. The van der Waals surface area contributed by atoms with Crippen molar-refractivity contribution in [2.45, 2.75) is 43.1 Å². The van der Waals surface area contributed by atoms with Gasteiger partial charge in [0, 0.05) is 81.6 Å². The number of rotatable bonds is 25. The van der Waals surface area contributed by atoms with E-state index in [4.69, 9.17) is 38.9 Å². The monoisotopic (exact) mass is 1780 g/mol. The molecule has 0 atom stereocenters. The highest BCUT2D eigenvalue weighted by atomic mass is 32.2. The summed E-state index contributed by atoms with van der Waals surface area (Å²) in [6.07, 6.45) is 0.750. The van der Waals surface area contributed by atoms with E-state index in [-0.39, 0.29) is 23.3 Å². The molecular formula is C107H83F4N9O5S4. The molecular weight excluding hydrogens is 1700 g/mol. The molecule has 16 aromatic rings. The fraction of sp³-hybridized carbons (Fsp3) is 0.0935. The SMILES string of the molecule is CN(C)C=O.COc1cccc(CSc2nc(-c3ccccc3)cc(-c3ccc(F)cc3)c2C#N)c1.COc1cccc(CSc2nc(-c3ccccc3)cc(-c3ccc(F)cc3)c2C#N)c1.COc1cccc(CSc2nc(-c3ccccc3)cc(-c3ccc(F)cc3)c2C#N)c1.COc1cccc(CSc2nc(-c3ccccc3)cc(-c3ccc(F)cc3)c2C#N)c1. The Bertz CT molecular complexity index is 5860. The summed E-state index contributed by atoms with van der Waals surface area (Å²) >= 11 is 6.01. The summed E-state index contributed by atoms with van der Waals surface area (Å²) in [6, 6.07) is 112. The van der Waals surface area contributed by atoms with Crippen molar-refractivity contribution in [3.63, 3.8) is 0 Å². The highest BCUT2D eigenvalue weighted by Gasteiger charge is 2.22. The van der Waals surface area contributed by atoms with Gasteiger partial charge in [-0.2, -0.15) is 21.0 Å². The molecule has 0 aliphatic carbocycles. The summed E-state index contributed by atoms with van der Waals surface area (Å²) in [5.74, 6) is 4.46. The second kappa shape index (κ2) is 47.4. The van der Waals surface area contributed by atoms with E-state index in [0.717, 1.165) is 141 Å². The molecule has 22 heteroatoms. The lowest BCUT2D eigenvalue weighted by Gasteiger charge is -2.13. The number of hydrogen-bond acceptors (Lipinski definition) is 17. The van der Waals surface area contributed by atoms with Crippen LogP contribution in [0.5, 0.6) is 23.0 Å². The second-order valence-electron chi connectivity index (χ2n) is 28.5. The summed E-state index contributed by atoms with van der Waals surface area (Å²) in [5.41, 5.74) is 19.2. The molecule has 1 amide bonds. The largest absolute Gasteiger partial charge is 0.497 e. The van der Waals surface area contributed by atoms with Crippen LogP contribution in [0.1, 0.15) is 44.5 Å². The van der Waals surface area contributed by atoms with Gasteiger partial charge in [0.05, 0.1) is 73.5 Å². The van der Waals surface area contributed by atoms with Gasteiger partial charge in [0.2, 0.25) is 6.41 Å². The van der Waals surface area contributed by atoms with Gasteiger partial charge in [-0.1, -0.05) is 218 Å². The lowest BCUT2D eigenvalue weighted by atomic mass is 9.99. The van der Waals surface area contributed by atoms with E-state index in [2.05, 4.69) is 24.3 Å². The number of thioether (sulfide) groups is 4. The lowest BCUT2D eigenvalue weighted by molar-refractivity contribution is -0.115. The molecule has 0 saturated carbocycles. The van der Waals surface area contributed by atoms with Crippen LogP contribution in [-0.2, 0) is 27.8 Å². The minimum Gasteiger partial charge on any atom is -0.497 e. The number of pyridine rings is 4. The quantitative estimate of drug-likeness (QED) is 0.0296. The molecule has 129 heavy (non-hydrogen) atoms. The Balaban J connectivity index is 0.000000153. The van der Waals surface area contributed by atoms with Crippen LogP contribution < -0.4 is 18.9 Å². The minimum atomic E-state index is -0.313. The van der Waals surface area contributed by atoms with Gasteiger partial charge in [-0.15, -0.1) is 47.0 Å². The van der Waals surface area contributed by atoms with E-state index in [1.54, 1.807) is 91.1 Å². The van der Waals surface area contributed by atoms with Crippen molar-refractivity contribution in [1.82, 2.24) is 24.8 Å². The average Bonchev–Trinajstić information content (AvgIpc) is 0.803. The van der Waals surface area contributed by atoms with Crippen molar-refractivity contribution in [3.8, 4) is 137 Å². The molecule has 638 valence electrons. The molecule has 0 unspecified atom stereocenters. The molecule has 4 heterocycles. The smallest absolute Gasteiger partial charge is 0.209 e. The Morgan fingerprint density at radius 2 is 0.473 bits per heavy atom. The third-order valence-electron chi connectivity index (χ3n) is 19.5. The molecule has 0 radical (unpaired) electrons. The standard InChI is InChI=1S/4C26H19FN2OS.C3H7NO/c4*1-30-22-9-5-6-18(14-22)17-31-26-24(16-28)23(19-10-12-21(27)13-11-19)15-25(29-26)20-7-3-2-4-8-20;1-4(2)3-5/h4*2-15H,17H2,1H3;3H,1-2H3. The van der Waals surface area contributed by atoms with Gasteiger partial charge in [-0.3, -0.25) is 4.79 Å². The Morgan fingerprint density at radius 1 is 0.279 bits per heavy atom. The van der Waals surface area contributed by atoms with E-state index >= 15 is 0 Å². The van der Waals surface area contributed by atoms with Gasteiger partial charge in [0.25, 0.3) is 0 Å². The normalized spacial score (nSPS) is 10.3. The first-order valence-electron chi connectivity index (χ1n) is 40.2. The predicted molar refractivity (Wildman–Crippen MR) is 509 cm³/mol. The third-order valence-corrected chi connectivity index (χ3v) is 23.7. The van der Waals surface area contributed by atoms with E-state index in [1.165, 1.54) is 100 Å².